The number of aromatic nitrogens is 2. The van der Waals surface area contributed by atoms with Crippen LogP contribution in [0.2, 0.25) is 0 Å². The Balaban J connectivity index is 2.26. The van der Waals surface area contributed by atoms with E-state index in [4.69, 9.17) is 5.11 Å². The number of nitrogens with zero attached hydrogens (tertiary/aromatic N) is 1. The highest BCUT2D eigenvalue weighted by atomic mass is 16.4. The van der Waals surface area contributed by atoms with E-state index < -0.39 is 24.0 Å². The molecule has 0 aliphatic heterocycles. The molecule has 1 heterocycles. The summed E-state index contributed by atoms with van der Waals surface area (Å²) in [5, 5.41) is 29.5. The molecule has 0 spiro atoms. The summed E-state index contributed by atoms with van der Waals surface area (Å²) in [6, 6.07) is -0.484. The zero-order valence-corrected chi connectivity index (χ0v) is 9.93. The van der Waals surface area contributed by atoms with Gasteiger partial charge in [0.1, 0.15) is 0 Å². The second kappa shape index (κ2) is 6.01. The van der Waals surface area contributed by atoms with Crippen LogP contribution in [0.4, 0.5) is 4.79 Å². The van der Waals surface area contributed by atoms with Crippen molar-refractivity contribution in [3.63, 3.8) is 0 Å². The molecular weight excluding hydrogens is 240 g/mol. The summed E-state index contributed by atoms with van der Waals surface area (Å²) in [7, 11) is 0. The summed E-state index contributed by atoms with van der Waals surface area (Å²) in [5.74, 6) is -1.12. The Labute approximate surface area is 103 Å². The minimum absolute atomic E-state index is 0.142. The molecule has 0 radical (unpaired) electrons. The summed E-state index contributed by atoms with van der Waals surface area (Å²) >= 11 is 0. The minimum Gasteiger partial charge on any atom is -0.481 e. The highest BCUT2D eigenvalue weighted by molar-refractivity contribution is 5.74. The Morgan fingerprint density at radius 2 is 2.22 bits per heavy atom. The van der Waals surface area contributed by atoms with E-state index in [0.29, 0.717) is 6.54 Å². The highest BCUT2D eigenvalue weighted by Gasteiger charge is 2.24. The summed E-state index contributed by atoms with van der Waals surface area (Å²) in [5.41, 5.74) is -0.666. The SMILES string of the molecule is CC(O)(CNC(=O)NCc1cn[nH]c1)CC(=O)O. The van der Waals surface area contributed by atoms with Gasteiger partial charge in [-0.05, 0) is 6.92 Å². The summed E-state index contributed by atoms with van der Waals surface area (Å²) in [6.07, 6.45) is 2.77. The Morgan fingerprint density at radius 1 is 1.50 bits per heavy atom. The van der Waals surface area contributed by atoms with Crippen LogP contribution >= 0.6 is 0 Å². The van der Waals surface area contributed by atoms with Gasteiger partial charge in [-0.1, -0.05) is 0 Å². The number of aromatic amines is 1. The molecule has 1 aromatic heterocycles. The lowest BCUT2D eigenvalue weighted by Crippen LogP contribution is -2.45. The first-order valence-corrected chi connectivity index (χ1v) is 5.32. The maximum atomic E-state index is 11.4. The maximum absolute atomic E-state index is 11.4. The molecule has 1 aromatic rings. The van der Waals surface area contributed by atoms with E-state index in [2.05, 4.69) is 20.8 Å². The van der Waals surface area contributed by atoms with Crippen LogP contribution < -0.4 is 10.6 Å². The van der Waals surface area contributed by atoms with Crippen molar-refractivity contribution in [2.75, 3.05) is 6.54 Å². The predicted octanol–water partition coefficient (Wildman–Crippen LogP) is -0.565. The number of carbonyl (C=O) groups is 2. The molecule has 0 bridgehead atoms. The number of aliphatic hydroxyl groups is 1. The van der Waals surface area contributed by atoms with Gasteiger partial charge < -0.3 is 20.8 Å². The number of carboxylic acid groups (broad SMARTS) is 1. The number of urea groups is 1. The summed E-state index contributed by atoms with van der Waals surface area (Å²) in [4.78, 5) is 21.8. The fourth-order valence-corrected chi connectivity index (χ4v) is 1.28. The fourth-order valence-electron chi connectivity index (χ4n) is 1.28. The normalized spacial score (nSPS) is 13.7. The van der Waals surface area contributed by atoms with Crippen LogP contribution in [0.15, 0.2) is 12.4 Å². The molecule has 2 amide bonds. The van der Waals surface area contributed by atoms with E-state index >= 15 is 0 Å². The van der Waals surface area contributed by atoms with Crippen molar-refractivity contribution in [3.8, 4) is 0 Å². The van der Waals surface area contributed by atoms with Gasteiger partial charge in [0.05, 0.1) is 18.2 Å². The molecule has 5 N–H and O–H groups in total. The molecule has 0 aliphatic carbocycles. The molecule has 8 nitrogen and oxygen atoms in total. The quantitative estimate of drug-likeness (QED) is 0.466. The fraction of sp³-hybridized carbons (Fsp3) is 0.500. The first kappa shape index (κ1) is 14.0. The van der Waals surface area contributed by atoms with Crippen LogP contribution in [0.25, 0.3) is 0 Å². The van der Waals surface area contributed by atoms with Crippen LogP contribution in [0.5, 0.6) is 0 Å². The smallest absolute Gasteiger partial charge is 0.315 e. The number of rotatable bonds is 6. The Morgan fingerprint density at radius 3 is 2.78 bits per heavy atom. The number of H-pyrrole nitrogens is 1. The topological polar surface area (TPSA) is 127 Å². The molecule has 1 unspecified atom stereocenters. The zero-order chi connectivity index (χ0) is 13.6. The van der Waals surface area contributed by atoms with Gasteiger partial charge in [-0.2, -0.15) is 5.10 Å². The Hall–Kier alpha value is -2.09. The molecular formula is C10H16N4O4. The Kier molecular flexibility index (Phi) is 4.67. The van der Waals surface area contributed by atoms with E-state index in [1.54, 1.807) is 12.4 Å². The molecule has 0 saturated heterocycles. The second-order valence-corrected chi connectivity index (χ2v) is 4.21. The van der Waals surface area contributed by atoms with Crippen molar-refractivity contribution in [2.24, 2.45) is 0 Å². The van der Waals surface area contributed by atoms with Gasteiger partial charge in [-0.15, -0.1) is 0 Å². The van der Waals surface area contributed by atoms with E-state index in [1.165, 1.54) is 6.92 Å². The van der Waals surface area contributed by atoms with Gasteiger partial charge in [-0.3, -0.25) is 9.89 Å². The van der Waals surface area contributed by atoms with Crippen molar-refractivity contribution in [3.05, 3.63) is 18.0 Å². The van der Waals surface area contributed by atoms with E-state index in [0.717, 1.165) is 5.56 Å². The van der Waals surface area contributed by atoms with Crippen molar-refractivity contribution in [2.45, 2.75) is 25.5 Å². The largest absolute Gasteiger partial charge is 0.481 e. The third kappa shape index (κ3) is 5.30. The van der Waals surface area contributed by atoms with Crippen LogP contribution in [-0.2, 0) is 11.3 Å². The molecule has 1 rings (SSSR count). The summed E-state index contributed by atoms with van der Waals surface area (Å²) < 4.78 is 0. The van der Waals surface area contributed by atoms with Gasteiger partial charge in [0.25, 0.3) is 0 Å². The second-order valence-electron chi connectivity index (χ2n) is 4.21. The van der Waals surface area contributed by atoms with E-state index in [9.17, 15) is 14.7 Å². The van der Waals surface area contributed by atoms with Crippen LogP contribution in [0.1, 0.15) is 18.9 Å². The molecule has 0 aromatic carbocycles. The lowest BCUT2D eigenvalue weighted by molar-refractivity contribution is -0.141. The molecule has 18 heavy (non-hydrogen) atoms. The number of carbonyl (C=O) groups excluding carboxylic acids is 1. The third-order valence-electron chi connectivity index (χ3n) is 2.17. The number of carboxylic acids is 1. The average Bonchev–Trinajstić information content (AvgIpc) is 2.74. The van der Waals surface area contributed by atoms with E-state index in [-0.39, 0.29) is 6.54 Å². The van der Waals surface area contributed by atoms with Crippen LogP contribution in [0.3, 0.4) is 0 Å². The predicted molar refractivity (Wildman–Crippen MR) is 61.7 cm³/mol. The maximum Gasteiger partial charge on any atom is 0.315 e. The number of hydrogen-bond acceptors (Lipinski definition) is 4. The standard InChI is InChI=1S/C10H16N4O4/c1-10(18,2-8(15)16)6-12-9(17)11-3-7-4-13-14-5-7/h4-5,18H,2-3,6H2,1H3,(H,13,14)(H,15,16)(H2,11,12,17). The molecule has 0 aliphatic rings. The first-order chi connectivity index (χ1) is 8.39. The molecule has 0 saturated carbocycles. The molecule has 100 valence electrons. The highest BCUT2D eigenvalue weighted by Crippen LogP contribution is 2.07. The van der Waals surface area contributed by atoms with Gasteiger partial charge in [-0.25, -0.2) is 4.79 Å². The number of hydrogen-bond donors (Lipinski definition) is 5. The third-order valence-corrected chi connectivity index (χ3v) is 2.17. The number of nitrogens with one attached hydrogen (secondary N) is 3. The van der Waals surface area contributed by atoms with Crippen molar-refractivity contribution in [1.82, 2.24) is 20.8 Å². The van der Waals surface area contributed by atoms with Crippen LogP contribution in [0, 0.1) is 0 Å². The monoisotopic (exact) mass is 256 g/mol. The first-order valence-electron chi connectivity index (χ1n) is 5.32. The molecule has 1 atom stereocenters. The van der Waals surface area contributed by atoms with Gasteiger partial charge in [0.15, 0.2) is 0 Å². The summed E-state index contributed by atoms with van der Waals surface area (Å²) in [6.45, 7) is 1.50. The van der Waals surface area contributed by atoms with Crippen molar-refractivity contribution in [1.29, 1.82) is 0 Å². The van der Waals surface area contributed by atoms with Gasteiger partial charge in [0.2, 0.25) is 0 Å². The van der Waals surface area contributed by atoms with E-state index in [1.807, 2.05) is 0 Å². The molecule has 8 heteroatoms. The minimum atomic E-state index is -1.47. The average molecular weight is 256 g/mol. The number of aliphatic carboxylic acids is 1. The van der Waals surface area contributed by atoms with Crippen molar-refractivity contribution < 1.29 is 19.8 Å². The van der Waals surface area contributed by atoms with Crippen LogP contribution in [-0.4, -0.2) is 44.6 Å². The van der Waals surface area contributed by atoms with Crippen molar-refractivity contribution >= 4 is 12.0 Å². The zero-order valence-electron chi connectivity index (χ0n) is 9.93. The van der Waals surface area contributed by atoms with Gasteiger partial charge >= 0.3 is 12.0 Å². The lowest BCUT2D eigenvalue weighted by Gasteiger charge is -2.21. The Bertz CT molecular complexity index is 402. The number of amides is 2. The molecule has 0 fully saturated rings. The lowest BCUT2D eigenvalue weighted by atomic mass is 10.0. The van der Waals surface area contributed by atoms with Gasteiger partial charge in [0, 0.05) is 24.8 Å².